The van der Waals surface area contributed by atoms with E-state index in [2.05, 4.69) is 106 Å². The van der Waals surface area contributed by atoms with Gasteiger partial charge >= 0.3 is 17.9 Å². The van der Waals surface area contributed by atoms with Gasteiger partial charge in [0.05, 0.1) is 0 Å². The molecule has 0 aromatic heterocycles. The summed E-state index contributed by atoms with van der Waals surface area (Å²) in [6.45, 7) is 6.53. The Labute approximate surface area is 503 Å². The standard InChI is InChI=1S/C75H132O6/c1-4-7-10-13-16-19-22-25-28-30-32-34-36-37-38-39-40-42-43-45-47-50-53-56-59-62-65-68-74(77)80-71-72(70-79-73(76)67-64-61-58-55-52-49-27-24-21-18-15-12-9-6-3)81-75(78)69-66-63-60-57-54-51-48-46-44-41-35-33-31-29-26-23-20-17-14-11-8-5-2/h7,10,15-16,18-19,24-25,27-28,32,34,37-38,72H,4-6,8-9,11-14,17,20-23,26,29-31,33,35-36,39-71H2,1-3H3/b10-7-,18-15-,19-16-,27-24-,28-25-,34-32-,38-37-. The third-order valence-corrected chi connectivity index (χ3v) is 15.4. The van der Waals surface area contributed by atoms with Gasteiger partial charge in [-0.15, -0.1) is 0 Å². The summed E-state index contributed by atoms with van der Waals surface area (Å²) in [5, 5.41) is 0. The molecule has 0 amide bonds. The summed E-state index contributed by atoms with van der Waals surface area (Å²) in [7, 11) is 0. The van der Waals surface area contributed by atoms with Crippen LogP contribution in [0.25, 0.3) is 0 Å². The summed E-state index contributed by atoms with van der Waals surface area (Å²) >= 11 is 0. The van der Waals surface area contributed by atoms with Crippen molar-refractivity contribution in [3.8, 4) is 0 Å². The summed E-state index contributed by atoms with van der Waals surface area (Å²) in [6.07, 6.45) is 91.8. The zero-order valence-corrected chi connectivity index (χ0v) is 53.8. The van der Waals surface area contributed by atoms with Crippen molar-refractivity contribution in [3.05, 3.63) is 85.1 Å². The normalized spacial score (nSPS) is 12.6. The van der Waals surface area contributed by atoms with Crippen molar-refractivity contribution in [3.63, 3.8) is 0 Å². The number of carbonyl (C=O) groups is 3. The second-order valence-corrected chi connectivity index (χ2v) is 23.4. The number of carbonyl (C=O) groups excluding carboxylic acids is 3. The molecule has 81 heavy (non-hydrogen) atoms. The molecular formula is C75H132O6. The first-order valence-electron chi connectivity index (χ1n) is 35.1. The Bertz CT molecular complexity index is 1530. The van der Waals surface area contributed by atoms with Crippen molar-refractivity contribution in [1.82, 2.24) is 0 Å². The van der Waals surface area contributed by atoms with Crippen LogP contribution in [0.4, 0.5) is 0 Å². The van der Waals surface area contributed by atoms with Crippen molar-refractivity contribution in [1.29, 1.82) is 0 Å². The molecule has 0 aliphatic heterocycles. The molecule has 0 aliphatic rings. The molecule has 0 saturated carbocycles. The summed E-state index contributed by atoms with van der Waals surface area (Å²) in [4.78, 5) is 38.4. The highest BCUT2D eigenvalue weighted by Gasteiger charge is 2.19. The first kappa shape index (κ1) is 77.6. The highest BCUT2D eigenvalue weighted by molar-refractivity contribution is 5.71. The maximum atomic E-state index is 13.0. The van der Waals surface area contributed by atoms with Gasteiger partial charge in [-0.1, -0.05) is 331 Å². The molecule has 1 atom stereocenters. The molecule has 0 aromatic rings. The van der Waals surface area contributed by atoms with Crippen molar-refractivity contribution >= 4 is 17.9 Å². The Hall–Kier alpha value is -3.41. The second kappa shape index (κ2) is 69.1. The van der Waals surface area contributed by atoms with Crippen LogP contribution in [-0.2, 0) is 28.6 Å². The van der Waals surface area contributed by atoms with Gasteiger partial charge in [0.25, 0.3) is 0 Å². The van der Waals surface area contributed by atoms with Crippen LogP contribution in [0.3, 0.4) is 0 Å². The number of esters is 3. The summed E-state index contributed by atoms with van der Waals surface area (Å²) < 4.78 is 17.0. The second-order valence-electron chi connectivity index (χ2n) is 23.4. The molecule has 0 aliphatic carbocycles. The Balaban J connectivity index is 4.29. The number of hydrogen-bond acceptors (Lipinski definition) is 6. The highest BCUT2D eigenvalue weighted by atomic mass is 16.6. The van der Waals surface area contributed by atoms with Crippen LogP contribution in [0, 0.1) is 0 Å². The van der Waals surface area contributed by atoms with E-state index in [1.165, 1.54) is 205 Å². The lowest BCUT2D eigenvalue weighted by atomic mass is 10.0. The van der Waals surface area contributed by atoms with Crippen LogP contribution in [0.2, 0.25) is 0 Å². The van der Waals surface area contributed by atoms with Gasteiger partial charge < -0.3 is 14.2 Å². The van der Waals surface area contributed by atoms with E-state index in [9.17, 15) is 14.4 Å². The molecular weight excluding hydrogens is 997 g/mol. The largest absolute Gasteiger partial charge is 0.462 e. The van der Waals surface area contributed by atoms with Crippen molar-refractivity contribution < 1.29 is 28.6 Å². The first-order valence-corrected chi connectivity index (χ1v) is 35.1. The molecule has 1 unspecified atom stereocenters. The molecule has 6 nitrogen and oxygen atoms in total. The highest BCUT2D eigenvalue weighted by Crippen LogP contribution is 2.18. The molecule has 0 N–H and O–H groups in total. The average molecular weight is 1130 g/mol. The Morgan fingerprint density at radius 2 is 0.494 bits per heavy atom. The van der Waals surface area contributed by atoms with E-state index in [0.29, 0.717) is 19.3 Å². The van der Waals surface area contributed by atoms with Crippen LogP contribution >= 0.6 is 0 Å². The smallest absolute Gasteiger partial charge is 0.306 e. The number of rotatable bonds is 64. The van der Waals surface area contributed by atoms with Crippen molar-refractivity contribution in [2.24, 2.45) is 0 Å². The number of unbranched alkanes of at least 4 members (excludes halogenated alkanes) is 39. The third-order valence-electron chi connectivity index (χ3n) is 15.4. The fraction of sp³-hybridized carbons (Fsp3) is 0.773. The zero-order chi connectivity index (χ0) is 58.5. The maximum Gasteiger partial charge on any atom is 0.306 e. The minimum Gasteiger partial charge on any atom is -0.462 e. The van der Waals surface area contributed by atoms with Gasteiger partial charge in [0, 0.05) is 19.3 Å². The molecule has 0 heterocycles. The van der Waals surface area contributed by atoms with Crippen LogP contribution in [0.1, 0.15) is 355 Å². The van der Waals surface area contributed by atoms with E-state index in [4.69, 9.17) is 14.2 Å². The monoisotopic (exact) mass is 1130 g/mol. The van der Waals surface area contributed by atoms with Gasteiger partial charge in [-0.25, -0.2) is 0 Å². The van der Waals surface area contributed by atoms with Crippen molar-refractivity contribution in [2.75, 3.05) is 13.2 Å². The van der Waals surface area contributed by atoms with E-state index >= 15 is 0 Å². The van der Waals surface area contributed by atoms with Gasteiger partial charge in [-0.2, -0.15) is 0 Å². The summed E-state index contributed by atoms with van der Waals surface area (Å²) in [6, 6.07) is 0. The Kier molecular flexibility index (Phi) is 66.2. The van der Waals surface area contributed by atoms with Crippen LogP contribution in [0.5, 0.6) is 0 Å². The molecule has 0 aromatic carbocycles. The number of hydrogen-bond donors (Lipinski definition) is 0. The van der Waals surface area contributed by atoms with Gasteiger partial charge in [-0.05, 0) is 89.9 Å². The number of allylic oxidation sites excluding steroid dienone is 14. The molecule has 6 heteroatoms. The Morgan fingerprint density at radius 3 is 0.790 bits per heavy atom. The van der Waals surface area contributed by atoms with E-state index in [1.807, 2.05) is 0 Å². The van der Waals surface area contributed by atoms with E-state index in [0.717, 1.165) is 109 Å². The van der Waals surface area contributed by atoms with Crippen LogP contribution < -0.4 is 0 Å². The van der Waals surface area contributed by atoms with E-state index in [-0.39, 0.29) is 31.1 Å². The van der Waals surface area contributed by atoms with E-state index < -0.39 is 6.10 Å². The molecule has 0 bridgehead atoms. The van der Waals surface area contributed by atoms with Crippen molar-refractivity contribution in [2.45, 2.75) is 361 Å². The van der Waals surface area contributed by atoms with Gasteiger partial charge in [0.1, 0.15) is 13.2 Å². The lowest BCUT2D eigenvalue weighted by Gasteiger charge is -2.18. The zero-order valence-electron chi connectivity index (χ0n) is 53.8. The molecule has 0 spiro atoms. The SMILES string of the molecule is CC/C=C\C/C=C\C/C=C\C/C=C\C/C=C\CCCCCCCCCCCCCC(=O)OCC(COC(=O)CCCCCCC/C=C\C/C=C\CCCC)OC(=O)CCCCCCCCCCCCCCCCCCCCCCCC. The predicted molar refractivity (Wildman–Crippen MR) is 353 cm³/mol. The molecule has 0 fully saturated rings. The van der Waals surface area contributed by atoms with E-state index in [1.54, 1.807) is 0 Å². The minimum absolute atomic E-state index is 0.0792. The van der Waals surface area contributed by atoms with Gasteiger partial charge in [-0.3, -0.25) is 14.4 Å². The average Bonchev–Trinajstić information content (AvgIpc) is 3.47. The lowest BCUT2D eigenvalue weighted by molar-refractivity contribution is -0.167. The summed E-state index contributed by atoms with van der Waals surface area (Å²) in [5.41, 5.74) is 0. The number of ether oxygens (including phenoxy) is 3. The van der Waals surface area contributed by atoms with Crippen LogP contribution in [0.15, 0.2) is 85.1 Å². The minimum atomic E-state index is -0.783. The molecule has 0 saturated heterocycles. The first-order chi connectivity index (χ1) is 40.0. The quantitative estimate of drug-likeness (QED) is 0.0261. The molecule has 468 valence electrons. The topological polar surface area (TPSA) is 78.9 Å². The predicted octanol–water partition coefficient (Wildman–Crippen LogP) is 24.2. The fourth-order valence-corrected chi connectivity index (χ4v) is 10.1. The van der Waals surface area contributed by atoms with Crippen LogP contribution in [-0.4, -0.2) is 37.2 Å². The van der Waals surface area contributed by atoms with Gasteiger partial charge in [0.2, 0.25) is 0 Å². The lowest BCUT2D eigenvalue weighted by Crippen LogP contribution is -2.30. The molecule has 0 rings (SSSR count). The fourth-order valence-electron chi connectivity index (χ4n) is 10.1. The Morgan fingerprint density at radius 1 is 0.259 bits per heavy atom. The van der Waals surface area contributed by atoms with Gasteiger partial charge in [0.15, 0.2) is 6.10 Å². The third kappa shape index (κ3) is 67.3. The summed E-state index contributed by atoms with van der Waals surface area (Å²) in [5.74, 6) is -0.876. The maximum absolute atomic E-state index is 13.0. The molecule has 0 radical (unpaired) electrons.